The molecule has 2 rings (SSSR count). The van der Waals surface area contributed by atoms with Crippen LogP contribution in [0.2, 0.25) is 0 Å². The van der Waals surface area contributed by atoms with Crippen molar-refractivity contribution in [2.45, 2.75) is 44.6 Å². The molecule has 0 spiro atoms. The van der Waals surface area contributed by atoms with Crippen LogP contribution in [-0.2, 0) is 5.54 Å². The third-order valence-electron chi connectivity index (χ3n) is 4.52. The summed E-state index contributed by atoms with van der Waals surface area (Å²) in [4.78, 5) is 0. The summed E-state index contributed by atoms with van der Waals surface area (Å²) in [6.07, 6.45) is 5.85. The van der Waals surface area contributed by atoms with Crippen LogP contribution < -0.4 is 15.2 Å². The zero-order chi connectivity index (χ0) is 13.9. The van der Waals surface area contributed by atoms with E-state index in [-0.39, 0.29) is 5.54 Å². The van der Waals surface area contributed by atoms with E-state index in [0.29, 0.717) is 5.92 Å². The van der Waals surface area contributed by atoms with E-state index in [1.165, 1.54) is 19.3 Å². The summed E-state index contributed by atoms with van der Waals surface area (Å²) < 4.78 is 10.8. The van der Waals surface area contributed by atoms with E-state index in [0.717, 1.165) is 29.9 Å². The van der Waals surface area contributed by atoms with Crippen molar-refractivity contribution in [1.82, 2.24) is 0 Å². The lowest BCUT2D eigenvalue weighted by Gasteiger charge is -2.42. The van der Waals surface area contributed by atoms with Crippen LogP contribution in [0.15, 0.2) is 18.2 Å². The van der Waals surface area contributed by atoms with Crippen LogP contribution in [0.5, 0.6) is 11.5 Å². The minimum atomic E-state index is -0.259. The van der Waals surface area contributed by atoms with Gasteiger partial charge in [-0.15, -0.1) is 0 Å². The van der Waals surface area contributed by atoms with Crippen LogP contribution in [0.3, 0.4) is 0 Å². The Morgan fingerprint density at radius 2 is 2.05 bits per heavy atom. The summed E-state index contributed by atoms with van der Waals surface area (Å²) >= 11 is 0. The average molecular weight is 263 g/mol. The van der Waals surface area contributed by atoms with Gasteiger partial charge in [0.1, 0.15) is 11.5 Å². The molecule has 0 aliphatic heterocycles. The zero-order valence-corrected chi connectivity index (χ0v) is 12.2. The molecule has 0 amide bonds. The van der Waals surface area contributed by atoms with Gasteiger partial charge in [-0.2, -0.15) is 0 Å². The molecule has 0 saturated heterocycles. The molecular formula is C16H25NO2. The van der Waals surface area contributed by atoms with Crippen LogP contribution in [-0.4, -0.2) is 14.2 Å². The van der Waals surface area contributed by atoms with E-state index in [2.05, 4.69) is 13.0 Å². The van der Waals surface area contributed by atoms with E-state index in [1.807, 2.05) is 12.1 Å². The molecule has 1 saturated carbocycles. The first-order valence-corrected chi connectivity index (χ1v) is 7.17. The minimum absolute atomic E-state index is 0.259. The normalized spacial score (nSPS) is 27.1. The molecular weight excluding hydrogens is 238 g/mol. The Bertz CT molecular complexity index is 433. The molecule has 1 aliphatic carbocycles. The zero-order valence-electron chi connectivity index (χ0n) is 12.2. The van der Waals surface area contributed by atoms with Gasteiger partial charge in [-0.1, -0.05) is 26.2 Å². The number of hydrogen-bond donors (Lipinski definition) is 1. The first-order chi connectivity index (χ1) is 9.15. The predicted octanol–water partition coefficient (Wildman–Crippen LogP) is 3.46. The van der Waals surface area contributed by atoms with Crippen LogP contribution >= 0.6 is 0 Å². The van der Waals surface area contributed by atoms with Crippen LogP contribution in [0.4, 0.5) is 0 Å². The minimum Gasteiger partial charge on any atom is -0.497 e. The monoisotopic (exact) mass is 263 g/mol. The highest BCUT2D eigenvalue weighted by atomic mass is 16.5. The van der Waals surface area contributed by atoms with Crippen molar-refractivity contribution in [3.63, 3.8) is 0 Å². The predicted molar refractivity (Wildman–Crippen MR) is 77.7 cm³/mol. The van der Waals surface area contributed by atoms with Crippen molar-refractivity contribution in [2.24, 2.45) is 11.7 Å². The third-order valence-corrected chi connectivity index (χ3v) is 4.52. The van der Waals surface area contributed by atoms with Crippen molar-refractivity contribution in [2.75, 3.05) is 14.2 Å². The van der Waals surface area contributed by atoms with Crippen LogP contribution in [0, 0.1) is 5.92 Å². The van der Waals surface area contributed by atoms with Gasteiger partial charge in [0, 0.05) is 17.2 Å². The molecule has 2 unspecified atom stereocenters. The summed E-state index contributed by atoms with van der Waals surface area (Å²) in [6.45, 7) is 2.23. The van der Waals surface area contributed by atoms with Crippen molar-refractivity contribution in [3.8, 4) is 11.5 Å². The van der Waals surface area contributed by atoms with E-state index in [1.54, 1.807) is 14.2 Å². The van der Waals surface area contributed by atoms with Crippen LogP contribution in [0.1, 0.15) is 44.6 Å². The lowest BCUT2D eigenvalue weighted by Crippen LogP contribution is -2.46. The quantitative estimate of drug-likeness (QED) is 0.904. The fraction of sp³-hybridized carbons (Fsp3) is 0.625. The van der Waals surface area contributed by atoms with Crippen LogP contribution in [0.25, 0.3) is 0 Å². The fourth-order valence-corrected chi connectivity index (χ4v) is 3.38. The molecule has 1 fully saturated rings. The van der Waals surface area contributed by atoms with Crippen molar-refractivity contribution in [3.05, 3.63) is 23.8 Å². The van der Waals surface area contributed by atoms with E-state index in [4.69, 9.17) is 15.2 Å². The molecule has 2 N–H and O–H groups in total. The van der Waals surface area contributed by atoms with E-state index in [9.17, 15) is 0 Å². The SMILES string of the molecule is CCC1CCCCC1(N)c1ccc(OC)cc1OC. The van der Waals surface area contributed by atoms with Gasteiger partial charge < -0.3 is 15.2 Å². The Morgan fingerprint density at radius 1 is 1.26 bits per heavy atom. The van der Waals surface area contributed by atoms with Gasteiger partial charge >= 0.3 is 0 Å². The molecule has 1 aliphatic rings. The molecule has 0 heterocycles. The van der Waals surface area contributed by atoms with Gasteiger partial charge in [-0.25, -0.2) is 0 Å². The Kier molecular flexibility index (Phi) is 4.35. The smallest absolute Gasteiger partial charge is 0.127 e. The summed E-state index contributed by atoms with van der Waals surface area (Å²) in [5, 5.41) is 0. The van der Waals surface area contributed by atoms with E-state index < -0.39 is 0 Å². The molecule has 0 aromatic heterocycles. The molecule has 3 nitrogen and oxygen atoms in total. The number of benzene rings is 1. The lowest BCUT2D eigenvalue weighted by atomic mass is 9.68. The molecule has 2 atom stereocenters. The third kappa shape index (κ3) is 2.57. The van der Waals surface area contributed by atoms with Crippen molar-refractivity contribution >= 4 is 0 Å². The topological polar surface area (TPSA) is 44.5 Å². The molecule has 19 heavy (non-hydrogen) atoms. The summed E-state index contributed by atoms with van der Waals surface area (Å²) in [5.41, 5.74) is 7.65. The van der Waals surface area contributed by atoms with Gasteiger partial charge in [0.2, 0.25) is 0 Å². The largest absolute Gasteiger partial charge is 0.497 e. The van der Waals surface area contributed by atoms with Gasteiger partial charge in [0.05, 0.1) is 14.2 Å². The average Bonchev–Trinajstić information content (AvgIpc) is 2.46. The lowest BCUT2D eigenvalue weighted by molar-refractivity contribution is 0.179. The Labute approximate surface area is 116 Å². The first-order valence-electron chi connectivity index (χ1n) is 7.17. The second-order valence-corrected chi connectivity index (χ2v) is 5.46. The molecule has 0 bridgehead atoms. The molecule has 0 radical (unpaired) electrons. The van der Waals surface area contributed by atoms with Gasteiger partial charge in [-0.3, -0.25) is 0 Å². The highest BCUT2D eigenvalue weighted by Crippen LogP contribution is 2.45. The maximum Gasteiger partial charge on any atom is 0.127 e. The van der Waals surface area contributed by atoms with Gasteiger partial charge in [0.15, 0.2) is 0 Å². The standard InChI is InChI=1S/C16H25NO2/c1-4-12-7-5-6-10-16(12,17)14-9-8-13(18-2)11-15(14)19-3/h8-9,11-12H,4-7,10,17H2,1-3H3. The highest BCUT2D eigenvalue weighted by molar-refractivity contribution is 5.45. The fourth-order valence-electron chi connectivity index (χ4n) is 3.38. The summed E-state index contributed by atoms with van der Waals surface area (Å²) in [5.74, 6) is 2.19. The second kappa shape index (κ2) is 5.83. The van der Waals surface area contributed by atoms with Gasteiger partial charge in [-0.05, 0) is 30.9 Å². The molecule has 1 aromatic rings. The highest BCUT2D eigenvalue weighted by Gasteiger charge is 2.39. The second-order valence-electron chi connectivity index (χ2n) is 5.46. The number of methoxy groups -OCH3 is 2. The number of nitrogens with two attached hydrogens (primary N) is 1. The number of rotatable bonds is 4. The Hall–Kier alpha value is -1.22. The number of hydrogen-bond acceptors (Lipinski definition) is 3. The summed E-state index contributed by atoms with van der Waals surface area (Å²) in [7, 11) is 3.37. The Morgan fingerprint density at radius 3 is 2.68 bits per heavy atom. The number of ether oxygens (including phenoxy) is 2. The van der Waals surface area contributed by atoms with Crippen molar-refractivity contribution < 1.29 is 9.47 Å². The van der Waals surface area contributed by atoms with Gasteiger partial charge in [0.25, 0.3) is 0 Å². The molecule has 3 heteroatoms. The molecule has 106 valence electrons. The summed E-state index contributed by atoms with van der Waals surface area (Å²) in [6, 6.07) is 5.99. The van der Waals surface area contributed by atoms with E-state index >= 15 is 0 Å². The maximum absolute atomic E-state index is 6.78. The first kappa shape index (κ1) is 14.2. The maximum atomic E-state index is 6.78. The Balaban J connectivity index is 2.43. The van der Waals surface area contributed by atoms with Crippen molar-refractivity contribution in [1.29, 1.82) is 0 Å². The molecule has 1 aromatic carbocycles.